The lowest BCUT2D eigenvalue weighted by Crippen LogP contribution is -2.42. The molecule has 2 saturated heterocycles. The molecule has 3 aliphatic rings. The smallest absolute Gasteiger partial charge is 0.124 e. The molecular formula is C27H35N5. The fourth-order valence-corrected chi connectivity index (χ4v) is 6.61. The number of fused-ring (bicyclic) bond motifs is 4. The standard InChI is InChI=1S/C27H35N5/c1-30-15-5-7-20(17-30)18-32-24-11-3-2-10-23(24)29-25(32)19-31-16-6-9-22-13-12-21-8-4-14-28-26(21)27(22)31/h2-4,8,10-11,14,20,22,27H,5-7,9,12-13,15-19H2,1H3/t20-,22?,27?/m0/s1. The van der Waals surface area contributed by atoms with Gasteiger partial charge in [-0.3, -0.25) is 9.88 Å². The highest BCUT2D eigenvalue weighted by Gasteiger charge is 2.38. The van der Waals surface area contributed by atoms with E-state index in [9.17, 15) is 0 Å². The normalized spacial score (nSPS) is 26.7. The zero-order valence-electron chi connectivity index (χ0n) is 19.3. The molecule has 0 saturated carbocycles. The molecule has 0 radical (unpaired) electrons. The highest BCUT2D eigenvalue weighted by molar-refractivity contribution is 5.75. The first-order valence-electron chi connectivity index (χ1n) is 12.6. The van der Waals surface area contributed by atoms with Crippen molar-refractivity contribution >= 4 is 11.0 Å². The SMILES string of the molecule is CN1CCC[C@H](Cn2c(CN3CCCC4CCc5cccnc5C43)nc3ccccc32)C1. The summed E-state index contributed by atoms with van der Waals surface area (Å²) in [4.78, 5) is 15.3. The van der Waals surface area contributed by atoms with E-state index in [0.717, 1.165) is 31.1 Å². The van der Waals surface area contributed by atoms with Crippen molar-refractivity contribution in [2.24, 2.45) is 11.8 Å². The van der Waals surface area contributed by atoms with Crippen molar-refractivity contribution in [2.75, 3.05) is 26.7 Å². The lowest BCUT2D eigenvalue weighted by atomic mass is 9.77. The van der Waals surface area contributed by atoms with Crippen molar-refractivity contribution in [1.82, 2.24) is 24.3 Å². The number of imidazole rings is 1. The number of para-hydroxylation sites is 2. The van der Waals surface area contributed by atoms with Gasteiger partial charge in [-0.25, -0.2) is 4.98 Å². The van der Waals surface area contributed by atoms with Crippen molar-refractivity contribution in [3.63, 3.8) is 0 Å². The van der Waals surface area contributed by atoms with Crippen LogP contribution in [0.1, 0.15) is 55.2 Å². The lowest BCUT2D eigenvalue weighted by molar-refractivity contribution is 0.0659. The molecular weight excluding hydrogens is 394 g/mol. The van der Waals surface area contributed by atoms with E-state index in [0.29, 0.717) is 12.0 Å². The predicted molar refractivity (Wildman–Crippen MR) is 128 cm³/mol. The number of aromatic nitrogens is 3. The number of nitrogens with zero attached hydrogens (tertiary/aromatic N) is 5. The van der Waals surface area contributed by atoms with Crippen LogP contribution in [0.3, 0.4) is 0 Å². The Morgan fingerprint density at radius 3 is 2.84 bits per heavy atom. The number of hydrogen-bond donors (Lipinski definition) is 0. The van der Waals surface area contributed by atoms with Gasteiger partial charge in [0.05, 0.1) is 29.3 Å². The number of likely N-dealkylation sites (tertiary alicyclic amines) is 2. The number of pyridine rings is 1. The summed E-state index contributed by atoms with van der Waals surface area (Å²) < 4.78 is 2.55. The van der Waals surface area contributed by atoms with Crippen molar-refractivity contribution in [1.29, 1.82) is 0 Å². The van der Waals surface area contributed by atoms with Gasteiger partial charge in [0.2, 0.25) is 0 Å². The van der Waals surface area contributed by atoms with Crippen LogP contribution < -0.4 is 0 Å². The molecule has 4 heterocycles. The third kappa shape index (κ3) is 3.75. The molecule has 2 fully saturated rings. The Morgan fingerprint density at radius 2 is 1.91 bits per heavy atom. The van der Waals surface area contributed by atoms with Gasteiger partial charge in [-0.15, -0.1) is 0 Å². The molecule has 1 aliphatic carbocycles. The van der Waals surface area contributed by atoms with Crippen molar-refractivity contribution in [2.45, 2.75) is 57.7 Å². The first-order valence-corrected chi connectivity index (χ1v) is 12.6. The van der Waals surface area contributed by atoms with E-state index >= 15 is 0 Å². The van der Waals surface area contributed by atoms with Crippen LogP contribution in [0.2, 0.25) is 0 Å². The summed E-state index contributed by atoms with van der Waals surface area (Å²) in [5.74, 6) is 2.68. The van der Waals surface area contributed by atoms with Crippen LogP contribution in [-0.4, -0.2) is 51.0 Å². The molecule has 2 aromatic heterocycles. The van der Waals surface area contributed by atoms with Crippen molar-refractivity contribution in [3.05, 3.63) is 59.7 Å². The number of hydrogen-bond acceptors (Lipinski definition) is 4. The molecule has 5 heteroatoms. The van der Waals surface area contributed by atoms with E-state index in [1.807, 2.05) is 6.20 Å². The Hall–Kier alpha value is -2.24. The van der Waals surface area contributed by atoms with Gasteiger partial charge in [-0.05, 0) is 94.3 Å². The van der Waals surface area contributed by atoms with Crippen LogP contribution in [0.25, 0.3) is 11.0 Å². The predicted octanol–water partition coefficient (Wildman–Crippen LogP) is 4.67. The summed E-state index contributed by atoms with van der Waals surface area (Å²) in [7, 11) is 2.26. The minimum atomic E-state index is 0.447. The molecule has 5 nitrogen and oxygen atoms in total. The zero-order chi connectivity index (χ0) is 21.5. The summed E-state index contributed by atoms with van der Waals surface area (Å²) in [5, 5.41) is 0. The van der Waals surface area contributed by atoms with Gasteiger partial charge in [0.1, 0.15) is 5.82 Å². The third-order valence-corrected chi connectivity index (χ3v) is 8.09. The molecule has 0 amide bonds. The highest BCUT2D eigenvalue weighted by Crippen LogP contribution is 2.43. The molecule has 32 heavy (non-hydrogen) atoms. The molecule has 6 rings (SSSR count). The van der Waals surface area contributed by atoms with Gasteiger partial charge < -0.3 is 9.47 Å². The number of piperidine rings is 2. The topological polar surface area (TPSA) is 37.2 Å². The monoisotopic (exact) mass is 429 g/mol. The molecule has 1 aromatic carbocycles. The van der Waals surface area contributed by atoms with Gasteiger partial charge in [-0.2, -0.15) is 0 Å². The second-order valence-electron chi connectivity index (χ2n) is 10.3. The van der Waals surface area contributed by atoms with E-state index in [4.69, 9.17) is 9.97 Å². The second kappa shape index (κ2) is 8.60. The fraction of sp³-hybridized carbons (Fsp3) is 0.556. The minimum Gasteiger partial charge on any atom is -0.327 e. The Kier molecular flexibility index (Phi) is 5.48. The van der Waals surface area contributed by atoms with E-state index in [2.05, 4.69) is 57.8 Å². The van der Waals surface area contributed by atoms with Gasteiger partial charge in [-0.1, -0.05) is 18.2 Å². The van der Waals surface area contributed by atoms with Gasteiger partial charge in [0, 0.05) is 19.3 Å². The molecule has 0 bridgehead atoms. The van der Waals surface area contributed by atoms with Gasteiger partial charge in [0.25, 0.3) is 0 Å². The Morgan fingerprint density at radius 1 is 1.00 bits per heavy atom. The summed E-state index contributed by atoms with van der Waals surface area (Å²) in [6, 6.07) is 13.6. The molecule has 3 aromatic rings. The lowest BCUT2D eigenvalue weighted by Gasteiger charge is -2.44. The van der Waals surface area contributed by atoms with E-state index < -0.39 is 0 Å². The van der Waals surface area contributed by atoms with E-state index in [1.54, 1.807) is 0 Å². The van der Waals surface area contributed by atoms with Gasteiger partial charge in [0.15, 0.2) is 0 Å². The average Bonchev–Trinajstić information content (AvgIpc) is 3.16. The number of rotatable bonds is 4. The molecule has 0 spiro atoms. The van der Waals surface area contributed by atoms with E-state index in [1.165, 1.54) is 74.2 Å². The average molecular weight is 430 g/mol. The van der Waals surface area contributed by atoms with Crippen LogP contribution in [-0.2, 0) is 19.5 Å². The molecule has 168 valence electrons. The molecule has 3 atom stereocenters. The first kappa shape index (κ1) is 20.4. The second-order valence-corrected chi connectivity index (χ2v) is 10.3. The highest BCUT2D eigenvalue weighted by atomic mass is 15.2. The van der Waals surface area contributed by atoms with Crippen LogP contribution >= 0.6 is 0 Å². The van der Waals surface area contributed by atoms with Crippen LogP contribution in [0, 0.1) is 11.8 Å². The van der Waals surface area contributed by atoms with Crippen molar-refractivity contribution < 1.29 is 0 Å². The fourth-order valence-electron chi connectivity index (χ4n) is 6.61. The summed E-state index contributed by atoms with van der Waals surface area (Å²) in [6.45, 7) is 5.58. The number of aryl methyl sites for hydroxylation is 1. The number of benzene rings is 1. The largest absolute Gasteiger partial charge is 0.327 e. The van der Waals surface area contributed by atoms with E-state index in [-0.39, 0.29) is 0 Å². The molecule has 0 N–H and O–H groups in total. The molecule has 2 aliphatic heterocycles. The first-order chi connectivity index (χ1) is 15.8. The Labute approximate surface area is 191 Å². The quantitative estimate of drug-likeness (QED) is 0.604. The Bertz CT molecular complexity index is 1090. The summed E-state index contributed by atoms with van der Waals surface area (Å²) in [5.41, 5.74) is 5.23. The van der Waals surface area contributed by atoms with Crippen LogP contribution in [0.4, 0.5) is 0 Å². The zero-order valence-corrected chi connectivity index (χ0v) is 19.3. The third-order valence-electron chi connectivity index (χ3n) is 8.09. The summed E-state index contributed by atoms with van der Waals surface area (Å²) in [6.07, 6.45) is 9.72. The maximum Gasteiger partial charge on any atom is 0.124 e. The maximum absolute atomic E-state index is 5.17. The van der Waals surface area contributed by atoms with Crippen LogP contribution in [0.5, 0.6) is 0 Å². The summed E-state index contributed by atoms with van der Waals surface area (Å²) >= 11 is 0. The van der Waals surface area contributed by atoms with Crippen molar-refractivity contribution in [3.8, 4) is 0 Å². The van der Waals surface area contributed by atoms with Gasteiger partial charge >= 0.3 is 0 Å². The molecule has 2 unspecified atom stereocenters. The Balaban J connectivity index is 1.33. The maximum atomic E-state index is 5.17. The minimum absolute atomic E-state index is 0.447. The van der Waals surface area contributed by atoms with Crippen LogP contribution in [0.15, 0.2) is 42.6 Å².